The van der Waals surface area contributed by atoms with Gasteiger partial charge in [0.15, 0.2) is 0 Å². The number of rotatable bonds is 3. The smallest absolute Gasteiger partial charge is 0.267 e. The number of nitrogens with one attached hydrogen (secondary N) is 1. The molecule has 2 rings (SSSR count). The van der Waals surface area contributed by atoms with Crippen LogP contribution < -0.4 is 5.43 Å². The van der Waals surface area contributed by atoms with E-state index in [1.165, 1.54) is 5.56 Å². The van der Waals surface area contributed by atoms with Gasteiger partial charge < -0.3 is 0 Å². The monoisotopic (exact) mass is 319 g/mol. The first-order valence-corrected chi connectivity index (χ1v) is 7.77. The zero-order chi connectivity index (χ0) is 17.7. The van der Waals surface area contributed by atoms with Crippen LogP contribution in [0.5, 0.6) is 0 Å². The van der Waals surface area contributed by atoms with Crippen molar-refractivity contribution in [2.45, 2.75) is 33.1 Å². The molecule has 0 aliphatic carbocycles. The van der Waals surface area contributed by atoms with Gasteiger partial charge in [-0.25, -0.2) is 5.43 Å². The molecule has 0 saturated carbocycles. The number of amides is 1. The van der Waals surface area contributed by atoms with E-state index in [0.29, 0.717) is 16.8 Å². The molecule has 0 saturated heterocycles. The van der Waals surface area contributed by atoms with Crippen LogP contribution in [-0.4, -0.2) is 11.6 Å². The molecule has 0 radical (unpaired) electrons. The molecule has 0 fully saturated rings. The van der Waals surface area contributed by atoms with Crippen LogP contribution in [0.25, 0.3) is 0 Å². The summed E-state index contributed by atoms with van der Waals surface area (Å²) < 4.78 is 0. The average molecular weight is 319 g/mol. The van der Waals surface area contributed by atoms with Crippen LogP contribution in [0.15, 0.2) is 53.6 Å². The Morgan fingerprint density at radius 2 is 1.54 bits per heavy atom. The van der Waals surface area contributed by atoms with E-state index < -0.39 is 0 Å². The number of hydrogen-bond acceptors (Lipinski definition) is 3. The molecule has 1 amide bonds. The topological polar surface area (TPSA) is 65.2 Å². The molecule has 122 valence electrons. The zero-order valence-electron chi connectivity index (χ0n) is 14.4. The predicted molar refractivity (Wildman–Crippen MR) is 96.0 cm³/mol. The molecule has 0 aromatic heterocycles. The Balaban J connectivity index is 2.07. The SMILES string of the molecule is C/C(=N\NC(=O)c1ccc(C(C)(C)C)cc1)c1ccc(C#N)cc1. The second-order valence-electron chi connectivity index (χ2n) is 6.65. The van der Waals surface area contributed by atoms with Crippen molar-refractivity contribution in [1.82, 2.24) is 5.43 Å². The third kappa shape index (κ3) is 4.30. The highest BCUT2D eigenvalue weighted by Crippen LogP contribution is 2.22. The van der Waals surface area contributed by atoms with Crippen LogP contribution in [0.3, 0.4) is 0 Å². The summed E-state index contributed by atoms with van der Waals surface area (Å²) in [6.07, 6.45) is 0. The Kier molecular flexibility index (Phi) is 5.15. The van der Waals surface area contributed by atoms with Crippen LogP contribution in [0.1, 0.15) is 54.7 Å². The maximum absolute atomic E-state index is 12.2. The van der Waals surface area contributed by atoms with Crippen molar-refractivity contribution in [3.05, 3.63) is 70.8 Å². The van der Waals surface area contributed by atoms with Gasteiger partial charge in [0, 0.05) is 5.56 Å². The number of carbonyl (C=O) groups is 1. The van der Waals surface area contributed by atoms with Gasteiger partial charge in [-0.15, -0.1) is 0 Å². The first kappa shape index (κ1) is 17.4. The van der Waals surface area contributed by atoms with Gasteiger partial charge >= 0.3 is 0 Å². The number of nitriles is 1. The minimum Gasteiger partial charge on any atom is -0.267 e. The number of benzene rings is 2. The number of nitrogens with zero attached hydrogens (tertiary/aromatic N) is 2. The van der Waals surface area contributed by atoms with Gasteiger partial charge in [-0.05, 0) is 47.7 Å². The molecule has 0 bridgehead atoms. The van der Waals surface area contributed by atoms with Gasteiger partial charge in [0.2, 0.25) is 0 Å². The van der Waals surface area contributed by atoms with E-state index in [9.17, 15) is 4.79 Å². The van der Waals surface area contributed by atoms with Gasteiger partial charge in [-0.2, -0.15) is 10.4 Å². The summed E-state index contributed by atoms with van der Waals surface area (Å²) in [7, 11) is 0. The van der Waals surface area contributed by atoms with Crippen molar-refractivity contribution in [1.29, 1.82) is 5.26 Å². The van der Waals surface area contributed by atoms with Gasteiger partial charge in [-0.1, -0.05) is 45.0 Å². The number of hydrogen-bond donors (Lipinski definition) is 1. The highest BCUT2D eigenvalue weighted by atomic mass is 16.2. The van der Waals surface area contributed by atoms with E-state index in [-0.39, 0.29) is 11.3 Å². The third-order valence-corrected chi connectivity index (χ3v) is 3.77. The molecule has 4 nitrogen and oxygen atoms in total. The van der Waals surface area contributed by atoms with Crippen LogP contribution in [-0.2, 0) is 5.41 Å². The lowest BCUT2D eigenvalue weighted by Gasteiger charge is -2.18. The fourth-order valence-corrected chi connectivity index (χ4v) is 2.17. The first-order chi connectivity index (χ1) is 11.3. The Bertz CT molecular complexity index is 789. The molecule has 0 aliphatic heterocycles. The van der Waals surface area contributed by atoms with Crippen molar-refractivity contribution in [3.8, 4) is 6.07 Å². The quantitative estimate of drug-likeness (QED) is 0.686. The number of hydrazone groups is 1. The first-order valence-electron chi connectivity index (χ1n) is 7.77. The van der Waals surface area contributed by atoms with Crippen LogP contribution in [0, 0.1) is 11.3 Å². The lowest BCUT2D eigenvalue weighted by molar-refractivity contribution is 0.0955. The summed E-state index contributed by atoms with van der Waals surface area (Å²) >= 11 is 0. The van der Waals surface area contributed by atoms with E-state index >= 15 is 0 Å². The molecule has 0 atom stereocenters. The zero-order valence-corrected chi connectivity index (χ0v) is 14.4. The van der Waals surface area contributed by atoms with Gasteiger partial charge in [0.1, 0.15) is 0 Å². The van der Waals surface area contributed by atoms with E-state index in [1.807, 2.05) is 43.3 Å². The standard InChI is InChI=1S/C20H21N3O/c1-14(16-7-5-15(13-21)6-8-16)22-23-19(24)17-9-11-18(12-10-17)20(2,3)4/h5-12H,1-4H3,(H,23,24)/b22-14+. The Morgan fingerprint density at radius 3 is 2.04 bits per heavy atom. The van der Waals surface area contributed by atoms with Crippen molar-refractivity contribution in [3.63, 3.8) is 0 Å². The maximum Gasteiger partial charge on any atom is 0.271 e. The van der Waals surface area contributed by atoms with Crippen molar-refractivity contribution in [2.24, 2.45) is 5.10 Å². The fourth-order valence-electron chi connectivity index (χ4n) is 2.17. The van der Waals surface area contributed by atoms with Crippen LogP contribution in [0.2, 0.25) is 0 Å². The van der Waals surface area contributed by atoms with Crippen LogP contribution >= 0.6 is 0 Å². The minimum atomic E-state index is -0.247. The third-order valence-electron chi connectivity index (χ3n) is 3.77. The van der Waals surface area contributed by atoms with E-state index in [0.717, 1.165) is 5.56 Å². The van der Waals surface area contributed by atoms with Gasteiger partial charge in [0.25, 0.3) is 5.91 Å². The minimum absolute atomic E-state index is 0.0549. The molecular formula is C20H21N3O. The largest absolute Gasteiger partial charge is 0.271 e. The second-order valence-corrected chi connectivity index (χ2v) is 6.65. The molecule has 24 heavy (non-hydrogen) atoms. The predicted octanol–water partition coefficient (Wildman–Crippen LogP) is 4.01. The van der Waals surface area contributed by atoms with Crippen molar-refractivity contribution in [2.75, 3.05) is 0 Å². The summed E-state index contributed by atoms with van der Waals surface area (Å²) in [6, 6.07) is 16.7. The molecule has 2 aromatic rings. The molecule has 0 aliphatic rings. The molecule has 1 N–H and O–H groups in total. The highest BCUT2D eigenvalue weighted by Gasteiger charge is 2.14. The highest BCUT2D eigenvalue weighted by molar-refractivity contribution is 6.00. The molecule has 0 spiro atoms. The molecule has 0 heterocycles. The fraction of sp³-hybridized carbons (Fsp3) is 0.250. The Labute approximate surface area is 142 Å². The maximum atomic E-state index is 12.2. The van der Waals surface area contributed by atoms with E-state index in [1.54, 1.807) is 12.1 Å². The molecule has 4 heteroatoms. The number of carbonyl (C=O) groups excluding carboxylic acids is 1. The summed E-state index contributed by atoms with van der Waals surface area (Å²) in [5, 5.41) is 12.9. The molecule has 0 unspecified atom stereocenters. The Hall–Kier alpha value is -2.93. The summed E-state index contributed by atoms with van der Waals surface area (Å²) in [5.41, 5.74) is 6.50. The summed E-state index contributed by atoms with van der Waals surface area (Å²) in [5.74, 6) is -0.247. The summed E-state index contributed by atoms with van der Waals surface area (Å²) in [4.78, 5) is 12.2. The lowest BCUT2D eigenvalue weighted by Crippen LogP contribution is -2.20. The van der Waals surface area contributed by atoms with Gasteiger partial charge in [0.05, 0.1) is 17.3 Å². The second kappa shape index (κ2) is 7.10. The van der Waals surface area contributed by atoms with Crippen molar-refractivity contribution < 1.29 is 4.79 Å². The van der Waals surface area contributed by atoms with Crippen molar-refractivity contribution >= 4 is 11.6 Å². The summed E-state index contributed by atoms with van der Waals surface area (Å²) in [6.45, 7) is 8.21. The molecule has 2 aromatic carbocycles. The van der Waals surface area contributed by atoms with Gasteiger partial charge in [-0.3, -0.25) is 4.79 Å². The molecular weight excluding hydrogens is 298 g/mol. The normalized spacial score (nSPS) is 11.7. The average Bonchev–Trinajstić information content (AvgIpc) is 2.58. The lowest BCUT2D eigenvalue weighted by atomic mass is 9.87. The van der Waals surface area contributed by atoms with E-state index in [2.05, 4.69) is 37.4 Å². The van der Waals surface area contributed by atoms with E-state index in [4.69, 9.17) is 5.26 Å². The van der Waals surface area contributed by atoms with Crippen LogP contribution in [0.4, 0.5) is 0 Å². The Morgan fingerprint density at radius 1 is 1.00 bits per heavy atom.